The van der Waals surface area contributed by atoms with Gasteiger partial charge < -0.3 is 19.1 Å². The molecule has 0 aliphatic heterocycles. The van der Waals surface area contributed by atoms with E-state index in [2.05, 4.69) is 6.92 Å². The van der Waals surface area contributed by atoms with Crippen LogP contribution in [0.2, 0.25) is 0 Å². The minimum atomic E-state index is -1.20. The van der Waals surface area contributed by atoms with Gasteiger partial charge in [0.25, 0.3) is 0 Å². The number of carbonyl (C=O) groups is 2. The first-order valence-electron chi connectivity index (χ1n) is 7.09. The standard InChI is InChI=1S/C15H27NO4/c1-5-6-7-8-9-10-15(19)20-13(11-14(17)18)12-16(2,3)4/h7-8,13H,5-6,9-12H2,1-4H3/b8-7+. The van der Waals surface area contributed by atoms with Crippen LogP contribution in [0.3, 0.4) is 0 Å². The van der Waals surface area contributed by atoms with E-state index in [1.807, 2.05) is 33.3 Å². The number of allylic oxidation sites excluding steroid dienone is 2. The lowest BCUT2D eigenvalue weighted by Gasteiger charge is -2.29. The average Bonchev–Trinajstić information content (AvgIpc) is 2.25. The fraction of sp³-hybridized carbons (Fsp3) is 0.733. The highest BCUT2D eigenvalue weighted by atomic mass is 16.5. The van der Waals surface area contributed by atoms with Crippen LogP contribution in [0.25, 0.3) is 0 Å². The van der Waals surface area contributed by atoms with Crippen LogP contribution in [-0.4, -0.2) is 50.2 Å². The predicted octanol–water partition coefficient (Wildman–Crippen LogP) is 0.881. The number of aliphatic carboxylic acids is 1. The average molecular weight is 285 g/mol. The van der Waals surface area contributed by atoms with Crippen molar-refractivity contribution < 1.29 is 23.9 Å². The van der Waals surface area contributed by atoms with Gasteiger partial charge in [-0.3, -0.25) is 4.79 Å². The number of carboxylic acid groups (broad SMARTS) is 1. The molecular formula is C15H27NO4. The van der Waals surface area contributed by atoms with Gasteiger partial charge in [-0.05, 0) is 12.8 Å². The highest BCUT2D eigenvalue weighted by Gasteiger charge is 2.22. The van der Waals surface area contributed by atoms with Gasteiger partial charge in [0, 0.05) is 18.8 Å². The molecule has 116 valence electrons. The number of unbranched alkanes of at least 4 members (excludes halogenated alkanes) is 1. The summed E-state index contributed by atoms with van der Waals surface area (Å²) in [7, 11) is 5.76. The van der Waals surface area contributed by atoms with Crippen LogP contribution in [0.5, 0.6) is 0 Å². The molecule has 0 aliphatic carbocycles. The molecule has 0 aromatic carbocycles. The first-order chi connectivity index (χ1) is 9.24. The number of ether oxygens (including phenoxy) is 1. The third-order valence-electron chi connectivity index (χ3n) is 2.58. The minimum Gasteiger partial charge on any atom is -0.550 e. The molecule has 0 saturated heterocycles. The van der Waals surface area contributed by atoms with Crippen molar-refractivity contribution in [2.45, 2.75) is 45.1 Å². The number of nitrogens with zero attached hydrogens (tertiary/aromatic N) is 1. The lowest BCUT2D eigenvalue weighted by atomic mass is 10.2. The molecule has 0 N–H and O–H groups in total. The lowest BCUT2D eigenvalue weighted by molar-refractivity contribution is -0.873. The Morgan fingerprint density at radius 1 is 1.20 bits per heavy atom. The fourth-order valence-corrected chi connectivity index (χ4v) is 1.79. The van der Waals surface area contributed by atoms with E-state index < -0.39 is 12.1 Å². The Hall–Kier alpha value is -1.36. The van der Waals surface area contributed by atoms with Gasteiger partial charge in [0.15, 0.2) is 6.10 Å². The fourth-order valence-electron chi connectivity index (χ4n) is 1.79. The van der Waals surface area contributed by atoms with Crippen molar-refractivity contribution in [1.29, 1.82) is 0 Å². The highest BCUT2D eigenvalue weighted by molar-refractivity contribution is 5.71. The number of carboxylic acids is 1. The maximum atomic E-state index is 11.7. The van der Waals surface area contributed by atoms with E-state index >= 15 is 0 Å². The number of hydrogen-bond donors (Lipinski definition) is 0. The SMILES string of the molecule is CCC/C=C/CCC(=O)OC(CC(=O)[O-])C[N+](C)(C)C. The van der Waals surface area contributed by atoms with Gasteiger partial charge in [-0.25, -0.2) is 0 Å². The van der Waals surface area contributed by atoms with Crippen molar-refractivity contribution in [1.82, 2.24) is 0 Å². The van der Waals surface area contributed by atoms with Gasteiger partial charge in [0.05, 0.1) is 21.1 Å². The molecule has 0 aromatic heterocycles. The largest absolute Gasteiger partial charge is 0.550 e. The van der Waals surface area contributed by atoms with Gasteiger partial charge >= 0.3 is 5.97 Å². The van der Waals surface area contributed by atoms with Crippen LogP contribution in [0.4, 0.5) is 0 Å². The van der Waals surface area contributed by atoms with Crippen LogP contribution < -0.4 is 5.11 Å². The third-order valence-corrected chi connectivity index (χ3v) is 2.58. The molecule has 1 unspecified atom stereocenters. The van der Waals surface area contributed by atoms with E-state index in [-0.39, 0.29) is 18.8 Å². The molecule has 0 aromatic rings. The van der Waals surface area contributed by atoms with Gasteiger partial charge in [-0.15, -0.1) is 0 Å². The van der Waals surface area contributed by atoms with E-state index in [0.717, 1.165) is 12.8 Å². The molecule has 0 rings (SSSR count). The molecule has 0 amide bonds. The summed E-state index contributed by atoms with van der Waals surface area (Å²) in [5.41, 5.74) is 0. The van der Waals surface area contributed by atoms with Gasteiger partial charge in [-0.2, -0.15) is 0 Å². The number of likely N-dealkylation sites (N-methyl/N-ethyl adjacent to an activating group) is 1. The molecule has 1 atom stereocenters. The maximum Gasteiger partial charge on any atom is 0.306 e. The van der Waals surface area contributed by atoms with Crippen LogP contribution in [0.15, 0.2) is 12.2 Å². The number of quaternary nitrogens is 1. The smallest absolute Gasteiger partial charge is 0.306 e. The van der Waals surface area contributed by atoms with Gasteiger partial charge in [0.2, 0.25) is 0 Å². The number of esters is 1. The zero-order valence-electron chi connectivity index (χ0n) is 13.1. The Morgan fingerprint density at radius 3 is 2.30 bits per heavy atom. The molecule has 0 aliphatic rings. The van der Waals surface area contributed by atoms with E-state index in [4.69, 9.17) is 4.74 Å². The Balaban J connectivity index is 4.21. The first kappa shape index (κ1) is 18.6. The van der Waals surface area contributed by atoms with E-state index in [0.29, 0.717) is 17.4 Å². The summed E-state index contributed by atoms with van der Waals surface area (Å²) in [5.74, 6) is -1.55. The Labute approximate surface area is 121 Å². The Bertz CT molecular complexity index is 331. The summed E-state index contributed by atoms with van der Waals surface area (Å²) in [6.45, 7) is 2.54. The quantitative estimate of drug-likeness (QED) is 0.339. The normalized spacial score (nSPS) is 13.4. The summed E-state index contributed by atoms with van der Waals surface area (Å²) in [6.07, 6.45) is 6.10. The van der Waals surface area contributed by atoms with Crippen LogP contribution in [0.1, 0.15) is 39.0 Å². The molecular weight excluding hydrogens is 258 g/mol. The van der Waals surface area contributed by atoms with Gasteiger partial charge in [-0.1, -0.05) is 25.5 Å². The second kappa shape index (κ2) is 9.53. The van der Waals surface area contributed by atoms with Crippen LogP contribution in [0, 0.1) is 0 Å². The van der Waals surface area contributed by atoms with Crippen molar-refractivity contribution in [2.75, 3.05) is 27.7 Å². The Morgan fingerprint density at radius 2 is 1.80 bits per heavy atom. The molecule has 0 radical (unpaired) electrons. The third kappa shape index (κ3) is 11.7. The zero-order chi connectivity index (χ0) is 15.6. The Kier molecular flexibility index (Phi) is 8.88. The topological polar surface area (TPSA) is 66.4 Å². The van der Waals surface area contributed by atoms with E-state index in [1.54, 1.807) is 0 Å². The van der Waals surface area contributed by atoms with Crippen molar-refractivity contribution in [3.05, 3.63) is 12.2 Å². The minimum absolute atomic E-state index is 0.257. The molecule has 5 heteroatoms. The van der Waals surface area contributed by atoms with Crippen LogP contribution in [-0.2, 0) is 14.3 Å². The zero-order valence-corrected chi connectivity index (χ0v) is 13.1. The molecule has 0 spiro atoms. The van der Waals surface area contributed by atoms with E-state index in [1.165, 1.54) is 0 Å². The molecule has 0 heterocycles. The molecule has 0 saturated carbocycles. The summed E-state index contributed by atoms with van der Waals surface area (Å²) < 4.78 is 5.76. The van der Waals surface area contributed by atoms with Crippen molar-refractivity contribution >= 4 is 11.9 Å². The summed E-state index contributed by atoms with van der Waals surface area (Å²) in [6, 6.07) is 0. The van der Waals surface area contributed by atoms with Gasteiger partial charge in [0.1, 0.15) is 6.54 Å². The summed E-state index contributed by atoms with van der Waals surface area (Å²) in [5, 5.41) is 10.7. The van der Waals surface area contributed by atoms with Crippen LogP contribution >= 0.6 is 0 Å². The number of rotatable bonds is 10. The maximum absolute atomic E-state index is 11.7. The van der Waals surface area contributed by atoms with Crippen molar-refractivity contribution in [2.24, 2.45) is 0 Å². The second-order valence-electron chi connectivity index (χ2n) is 5.96. The number of carbonyl (C=O) groups excluding carboxylic acids is 2. The second-order valence-corrected chi connectivity index (χ2v) is 5.96. The molecule has 0 bridgehead atoms. The van der Waals surface area contributed by atoms with Crippen molar-refractivity contribution in [3.8, 4) is 0 Å². The van der Waals surface area contributed by atoms with Crippen molar-refractivity contribution in [3.63, 3.8) is 0 Å². The monoisotopic (exact) mass is 285 g/mol. The predicted molar refractivity (Wildman–Crippen MR) is 75.7 cm³/mol. The number of hydrogen-bond acceptors (Lipinski definition) is 4. The molecule has 0 fully saturated rings. The molecule has 5 nitrogen and oxygen atoms in total. The lowest BCUT2D eigenvalue weighted by Crippen LogP contribution is -2.45. The van der Waals surface area contributed by atoms with E-state index in [9.17, 15) is 14.7 Å². The molecule has 20 heavy (non-hydrogen) atoms. The highest BCUT2D eigenvalue weighted by Crippen LogP contribution is 2.07. The summed E-state index contributed by atoms with van der Waals surface area (Å²) in [4.78, 5) is 22.4. The summed E-state index contributed by atoms with van der Waals surface area (Å²) >= 11 is 0. The first-order valence-corrected chi connectivity index (χ1v) is 7.09.